The van der Waals surface area contributed by atoms with Crippen LogP contribution in [0.25, 0.3) is 27.8 Å². The normalized spacial score (nSPS) is 14.5. The molecule has 0 aliphatic carbocycles. The Hall–Kier alpha value is -4.01. The highest BCUT2D eigenvalue weighted by Crippen LogP contribution is 2.31. The Morgan fingerprint density at radius 1 is 1.06 bits per heavy atom. The van der Waals surface area contributed by atoms with Crippen molar-refractivity contribution in [3.63, 3.8) is 0 Å². The lowest BCUT2D eigenvalue weighted by molar-refractivity contribution is -0.125. The molecule has 2 aromatic heterocycles. The molecule has 9 heteroatoms. The number of rotatable bonds is 4. The lowest BCUT2D eigenvalue weighted by Crippen LogP contribution is -2.39. The number of aromatic amines is 1. The fraction of sp³-hybridized carbons (Fsp3) is 0.240. The third-order valence-electron chi connectivity index (χ3n) is 6.37. The van der Waals surface area contributed by atoms with Crippen LogP contribution in [0.5, 0.6) is 0 Å². The monoisotopic (exact) mass is 463 g/mol. The number of fused-ring (bicyclic) bond motifs is 1. The van der Waals surface area contributed by atoms with Crippen LogP contribution in [0.4, 0.5) is 14.5 Å². The van der Waals surface area contributed by atoms with Crippen LogP contribution in [0.2, 0.25) is 0 Å². The minimum Gasteiger partial charge on any atom is -0.371 e. The summed E-state index contributed by atoms with van der Waals surface area (Å²) in [6.45, 7) is 1.53. The van der Waals surface area contributed by atoms with Crippen LogP contribution in [-0.4, -0.2) is 40.8 Å². The van der Waals surface area contributed by atoms with Gasteiger partial charge in [0.05, 0.1) is 10.9 Å². The Morgan fingerprint density at radius 2 is 1.74 bits per heavy atom. The van der Waals surface area contributed by atoms with Crippen molar-refractivity contribution >= 4 is 22.5 Å². The predicted molar refractivity (Wildman–Crippen MR) is 126 cm³/mol. The second-order valence-corrected chi connectivity index (χ2v) is 8.32. The summed E-state index contributed by atoms with van der Waals surface area (Å²) in [6.07, 6.45) is 2.98. The van der Waals surface area contributed by atoms with Gasteiger partial charge >= 0.3 is 0 Å². The first kappa shape index (κ1) is 21.8. The number of carbonyl (C=O) groups excluding carboxylic acids is 1. The molecule has 0 radical (unpaired) electrons. The molecule has 3 heterocycles. The van der Waals surface area contributed by atoms with Crippen molar-refractivity contribution in [1.29, 1.82) is 0 Å². The highest BCUT2D eigenvalue weighted by atomic mass is 19.1. The summed E-state index contributed by atoms with van der Waals surface area (Å²) in [5.41, 5.74) is 1.57. The fourth-order valence-corrected chi connectivity index (χ4v) is 4.58. The van der Waals surface area contributed by atoms with E-state index in [0.717, 1.165) is 48.4 Å². The first-order valence-corrected chi connectivity index (χ1v) is 11.1. The first-order chi connectivity index (χ1) is 16.5. The SMILES string of the molecule is CNC(=O)C1CCN(c2ccc(-c3nn(-c4c(F)cccc4F)c4cc[nH]c(=O)c34)cc2)CC1. The third-order valence-corrected chi connectivity index (χ3v) is 6.37. The summed E-state index contributed by atoms with van der Waals surface area (Å²) < 4.78 is 30.2. The second-order valence-electron chi connectivity index (χ2n) is 8.32. The van der Waals surface area contributed by atoms with Crippen molar-refractivity contribution in [2.24, 2.45) is 5.92 Å². The molecule has 1 aliphatic heterocycles. The highest BCUT2D eigenvalue weighted by Gasteiger charge is 2.25. The lowest BCUT2D eigenvalue weighted by atomic mass is 9.95. The number of H-pyrrole nitrogens is 1. The number of amides is 1. The minimum absolute atomic E-state index is 0.0290. The zero-order valence-electron chi connectivity index (χ0n) is 18.5. The van der Waals surface area contributed by atoms with Crippen LogP contribution < -0.4 is 15.8 Å². The molecule has 1 amide bonds. The van der Waals surface area contributed by atoms with Gasteiger partial charge in [-0.15, -0.1) is 0 Å². The van der Waals surface area contributed by atoms with Gasteiger partial charge in [0.25, 0.3) is 5.56 Å². The van der Waals surface area contributed by atoms with Gasteiger partial charge in [0.1, 0.15) is 11.4 Å². The molecule has 0 bridgehead atoms. The number of para-hydroxylation sites is 1. The Morgan fingerprint density at radius 3 is 2.38 bits per heavy atom. The molecule has 0 spiro atoms. The van der Waals surface area contributed by atoms with Crippen LogP contribution in [0.3, 0.4) is 0 Å². The van der Waals surface area contributed by atoms with E-state index in [0.29, 0.717) is 16.8 Å². The Kier molecular flexibility index (Phi) is 5.61. The van der Waals surface area contributed by atoms with Gasteiger partial charge in [-0.1, -0.05) is 18.2 Å². The van der Waals surface area contributed by atoms with E-state index in [1.54, 1.807) is 13.1 Å². The second kappa shape index (κ2) is 8.74. The van der Waals surface area contributed by atoms with E-state index in [4.69, 9.17) is 0 Å². The molecule has 174 valence electrons. The molecule has 4 aromatic rings. The minimum atomic E-state index is -0.772. The molecule has 1 aliphatic rings. The molecule has 2 N–H and O–H groups in total. The average molecular weight is 463 g/mol. The number of nitrogens with one attached hydrogen (secondary N) is 2. The van der Waals surface area contributed by atoms with Gasteiger partial charge < -0.3 is 15.2 Å². The fourth-order valence-electron chi connectivity index (χ4n) is 4.58. The van der Waals surface area contributed by atoms with Crippen LogP contribution in [0.1, 0.15) is 12.8 Å². The maximum Gasteiger partial charge on any atom is 0.259 e. The first-order valence-electron chi connectivity index (χ1n) is 11.1. The van der Waals surface area contributed by atoms with Gasteiger partial charge in [-0.2, -0.15) is 5.10 Å². The van der Waals surface area contributed by atoms with E-state index in [1.807, 2.05) is 24.3 Å². The molecular formula is C25H23F2N5O2. The van der Waals surface area contributed by atoms with E-state index in [9.17, 15) is 18.4 Å². The van der Waals surface area contributed by atoms with Gasteiger partial charge in [0.2, 0.25) is 5.91 Å². The lowest BCUT2D eigenvalue weighted by Gasteiger charge is -2.32. The molecular weight excluding hydrogens is 440 g/mol. The number of hydrogen-bond donors (Lipinski definition) is 2. The molecule has 5 rings (SSSR count). The van der Waals surface area contributed by atoms with E-state index in [2.05, 4.69) is 20.3 Å². The van der Waals surface area contributed by atoms with Crippen LogP contribution in [0, 0.1) is 17.6 Å². The van der Waals surface area contributed by atoms with Gasteiger partial charge in [0.15, 0.2) is 11.6 Å². The number of nitrogens with zero attached hydrogens (tertiary/aromatic N) is 3. The molecule has 2 aromatic carbocycles. The summed E-state index contributed by atoms with van der Waals surface area (Å²) in [7, 11) is 1.66. The molecule has 1 fully saturated rings. The topological polar surface area (TPSA) is 83.0 Å². The Labute approximate surface area is 194 Å². The van der Waals surface area contributed by atoms with E-state index in [-0.39, 0.29) is 22.9 Å². The van der Waals surface area contributed by atoms with E-state index >= 15 is 0 Å². The van der Waals surface area contributed by atoms with Crippen molar-refractivity contribution in [3.8, 4) is 16.9 Å². The number of anilines is 1. The van der Waals surface area contributed by atoms with Gasteiger partial charge in [-0.3, -0.25) is 9.59 Å². The van der Waals surface area contributed by atoms with Crippen LogP contribution >= 0.6 is 0 Å². The zero-order valence-corrected chi connectivity index (χ0v) is 18.5. The van der Waals surface area contributed by atoms with Crippen molar-refractivity contribution in [3.05, 3.63) is 76.7 Å². The van der Waals surface area contributed by atoms with Crippen LogP contribution in [-0.2, 0) is 4.79 Å². The quantitative estimate of drug-likeness (QED) is 0.484. The predicted octanol–water partition coefficient (Wildman–Crippen LogP) is 3.62. The van der Waals surface area contributed by atoms with Crippen molar-refractivity contribution < 1.29 is 13.6 Å². The molecule has 7 nitrogen and oxygen atoms in total. The zero-order chi connectivity index (χ0) is 23.8. The third kappa shape index (κ3) is 3.72. The summed E-state index contributed by atoms with van der Waals surface area (Å²) in [4.78, 5) is 29.4. The Bertz CT molecular complexity index is 1400. The molecule has 1 saturated heterocycles. The van der Waals surface area contributed by atoms with Crippen LogP contribution in [0.15, 0.2) is 59.5 Å². The number of benzene rings is 2. The smallest absolute Gasteiger partial charge is 0.259 e. The summed E-state index contributed by atoms with van der Waals surface area (Å²) in [5, 5.41) is 7.42. The highest BCUT2D eigenvalue weighted by molar-refractivity contribution is 5.93. The average Bonchev–Trinajstić information content (AvgIpc) is 3.24. The number of hydrogen-bond acceptors (Lipinski definition) is 4. The number of carbonyl (C=O) groups is 1. The number of aromatic nitrogens is 3. The van der Waals surface area contributed by atoms with Gasteiger partial charge in [-0.25, -0.2) is 13.5 Å². The maximum atomic E-state index is 14.5. The van der Waals surface area contributed by atoms with Crippen molar-refractivity contribution in [1.82, 2.24) is 20.1 Å². The molecule has 0 unspecified atom stereocenters. The largest absolute Gasteiger partial charge is 0.371 e. The van der Waals surface area contributed by atoms with E-state index in [1.165, 1.54) is 12.3 Å². The summed E-state index contributed by atoms with van der Waals surface area (Å²) in [5.74, 6) is -1.44. The number of piperidine rings is 1. The molecule has 0 atom stereocenters. The maximum absolute atomic E-state index is 14.5. The molecule has 34 heavy (non-hydrogen) atoms. The molecule has 0 saturated carbocycles. The number of halogens is 2. The Balaban J connectivity index is 1.51. The van der Waals surface area contributed by atoms with E-state index < -0.39 is 17.2 Å². The van der Waals surface area contributed by atoms with Gasteiger partial charge in [-0.05, 0) is 43.2 Å². The standard InChI is InChI=1S/C25H23F2N5O2/c1-28-24(33)16-10-13-31(14-11-16)17-7-5-15(6-8-17)22-21-20(9-12-29-25(21)34)32(30-22)23-18(26)3-2-4-19(23)27/h2-9,12,16H,10-11,13-14H2,1H3,(H,28,33)(H,29,34). The number of pyridine rings is 1. The van der Waals surface area contributed by atoms with Gasteiger partial charge in [0, 0.05) is 43.5 Å². The van der Waals surface area contributed by atoms with Crippen molar-refractivity contribution in [2.45, 2.75) is 12.8 Å². The van der Waals surface area contributed by atoms with Crippen molar-refractivity contribution in [2.75, 3.05) is 25.0 Å². The summed E-state index contributed by atoms with van der Waals surface area (Å²) >= 11 is 0. The summed E-state index contributed by atoms with van der Waals surface area (Å²) in [6, 6.07) is 12.7.